The van der Waals surface area contributed by atoms with Gasteiger partial charge in [-0.3, -0.25) is 15.2 Å². The fourth-order valence-corrected chi connectivity index (χ4v) is 1.56. The molecule has 0 spiro atoms. The van der Waals surface area contributed by atoms with Crippen LogP contribution in [0.25, 0.3) is 0 Å². The van der Waals surface area contributed by atoms with E-state index in [2.05, 4.69) is 29.6 Å². The molecule has 1 heterocycles. The Balaban J connectivity index is 2.71. The highest BCUT2D eigenvalue weighted by molar-refractivity contribution is 5.89. The molecule has 0 aromatic heterocycles. The molecule has 1 aliphatic rings. The van der Waals surface area contributed by atoms with Crippen LogP contribution in [0.2, 0.25) is 0 Å². The summed E-state index contributed by atoms with van der Waals surface area (Å²) in [4.78, 5) is 17.8. The summed E-state index contributed by atoms with van der Waals surface area (Å²) in [5, 5.41) is 2.80. The maximum absolute atomic E-state index is 11.5. The van der Waals surface area contributed by atoms with Crippen LogP contribution in [0.15, 0.2) is 4.99 Å². The van der Waals surface area contributed by atoms with Crippen molar-refractivity contribution in [1.82, 2.24) is 15.6 Å². The van der Waals surface area contributed by atoms with E-state index in [1.807, 2.05) is 11.8 Å². The number of rotatable bonds is 2. The molecule has 92 valence electrons. The van der Waals surface area contributed by atoms with E-state index in [1.165, 1.54) is 0 Å². The Kier molecular flexibility index (Phi) is 4.54. The molecule has 1 atom stereocenters. The molecule has 4 N–H and O–H groups in total. The first-order valence-electron chi connectivity index (χ1n) is 5.61. The minimum Gasteiger partial charge on any atom is -0.353 e. The first kappa shape index (κ1) is 12.8. The van der Waals surface area contributed by atoms with Crippen LogP contribution in [-0.4, -0.2) is 42.4 Å². The van der Waals surface area contributed by atoms with E-state index in [0.717, 1.165) is 6.54 Å². The van der Waals surface area contributed by atoms with E-state index >= 15 is 0 Å². The molecule has 6 nitrogen and oxygen atoms in total. The summed E-state index contributed by atoms with van der Waals surface area (Å²) < 4.78 is 0. The largest absolute Gasteiger partial charge is 0.353 e. The normalized spacial score (nSPS) is 22.3. The fourth-order valence-electron chi connectivity index (χ4n) is 1.56. The number of guanidine groups is 1. The summed E-state index contributed by atoms with van der Waals surface area (Å²) in [5.41, 5.74) is 2.57. The van der Waals surface area contributed by atoms with E-state index in [9.17, 15) is 4.79 Å². The molecule has 0 aromatic carbocycles. The summed E-state index contributed by atoms with van der Waals surface area (Å²) in [6, 6.07) is -0.226. The number of carbonyl (C=O) groups excluding carboxylic acids is 1. The fraction of sp³-hybridized carbons (Fsp3) is 0.800. The standard InChI is InChI=1S/C10H21N5O/c1-7(2)6-13-10(14-11)15-5-4-12-9(16)8(15)3/h7-8H,4-6,11H2,1-3H3,(H,12,16)(H,13,14). The Morgan fingerprint density at radius 3 is 3.00 bits per heavy atom. The molecule has 1 unspecified atom stereocenters. The lowest BCUT2D eigenvalue weighted by atomic mass is 10.2. The molecular formula is C10H21N5O. The molecule has 6 heteroatoms. The molecule has 1 saturated heterocycles. The zero-order valence-electron chi connectivity index (χ0n) is 10.2. The van der Waals surface area contributed by atoms with Crippen LogP contribution in [0, 0.1) is 5.92 Å². The van der Waals surface area contributed by atoms with Crippen LogP contribution in [0.3, 0.4) is 0 Å². The van der Waals surface area contributed by atoms with Crippen molar-refractivity contribution in [3.8, 4) is 0 Å². The number of aliphatic imine (C=N–C) groups is 1. The quantitative estimate of drug-likeness (QED) is 0.252. The second-order valence-corrected chi connectivity index (χ2v) is 4.36. The van der Waals surface area contributed by atoms with E-state index in [0.29, 0.717) is 25.0 Å². The summed E-state index contributed by atoms with van der Waals surface area (Å²) in [6.45, 7) is 8.08. The van der Waals surface area contributed by atoms with E-state index in [1.54, 1.807) is 0 Å². The number of hydrogen-bond donors (Lipinski definition) is 3. The minimum absolute atomic E-state index is 0.0127. The highest BCUT2D eigenvalue weighted by Crippen LogP contribution is 2.04. The van der Waals surface area contributed by atoms with Crippen molar-refractivity contribution < 1.29 is 4.79 Å². The first-order valence-corrected chi connectivity index (χ1v) is 5.61. The van der Waals surface area contributed by atoms with Gasteiger partial charge in [-0.05, 0) is 12.8 Å². The van der Waals surface area contributed by atoms with Gasteiger partial charge in [0.05, 0.1) is 0 Å². The van der Waals surface area contributed by atoms with Gasteiger partial charge in [0, 0.05) is 19.6 Å². The zero-order chi connectivity index (χ0) is 12.1. The SMILES string of the molecule is CC(C)CN=C(NN)N1CCNC(=O)C1C. The van der Waals surface area contributed by atoms with Crippen LogP contribution < -0.4 is 16.6 Å². The van der Waals surface area contributed by atoms with Crippen molar-refractivity contribution in [1.29, 1.82) is 0 Å². The third-order valence-electron chi connectivity index (χ3n) is 2.51. The molecule has 0 bridgehead atoms. The molecule has 1 aliphatic heterocycles. The number of hydrazine groups is 1. The number of nitrogens with zero attached hydrogens (tertiary/aromatic N) is 2. The third-order valence-corrected chi connectivity index (χ3v) is 2.51. The van der Waals surface area contributed by atoms with Gasteiger partial charge in [0.1, 0.15) is 6.04 Å². The first-order chi connectivity index (χ1) is 7.56. The van der Waals surface area contributed by atoms with Crippen molar-refractivity contribution >= 4 is 11.9 Å². The second kappa shape index (κ2) is 5.69. The number of amides is 1. The lowest BCUT2D eigenvalue weighted by Crippen LogP contribution is -2.59. The topological polar surface area (TPSA) is 82.8 Å². The van der Waals surface area contributed by atoms with Gasteiger partial charge < -0.3 is 10.2 Å². The van der Waals surface area contributed by atoms with Gasteiger partial charge in [0.25, 0.3) is 0 Å². The van der Waals surface area contributed by atoms with Gasteiger partial charge >= 0.3 is 0 Å². The van der Waals surface area contributed by atoms with Gasteiger partial charge in [-0.25, -0.2) is 5.84 Å². The van der Waals surface area contributed by atoms with E-state index < -0.39 is 0 Å². The Hall–Kier alpha value is -1.30. The monoisotopic (exact) mass is 227 g/mol. The smallest absolute Gasteiger partial charge is 0.242 e. The van der Waals surface area contributed by atoms with Crippen LogP contribution in [0.1, 0.15) is 20.8 Å². The predicted molar refractivity (Wildman–Crippen MR) is 63.6 cm³/mol. The second-order valence-electron chi connectivity index (χ2n) is 4.36. The summed E-state index contributed by atoms with van der Waals surface area (Å²) in [6.07, 6.45) is 0. The predicted octanol–water partition coefficient (Wildman–Crippen LogP) is -0.718. The zero-order valence-corrected chi connectivity index (χ0v) is 10.2. The van der Waals surface area contributed by atoms with Gasteiger partial charge in [0.2, 0.25) is 11.9 Å². The highest BCUT2D eigenvalue weighted by atomic mass is 16.2. The van der Waals surface area contributed by atoms with E-state index in [-0.39, 0.29) is 11.9 Å². The van der Waals surface area contributed by atoms with Gasteiger partial charge in [-0.1, -0.05) is 13.8 Å². The average Bonchev–Trinajstić information content (AvgIpc) is 2.24. The van der Waals surface area contributed by atoms with Crippen molar-refractivity contribution in [2.75, 3.05) is 19.6 Å². The molecule has 1 amide bonds. The van der Waals surface area contributed by atoms with Crippen molar-refractivity contribution in [2.24, 2.45) is 16.8 Å². The third kappa shape index (κ3) is 3.10. The lowest BCUT2D eigenvalue weighted by molar-refractivity contribution is -0.126. The Morgan fingerprint density at radius 2 is 2.44 bits per heavy atom. The Morgan fingerprint density at radius 1 is 1.75 bits per heavy atom. The molecule has 1 fully saturated rings. The molecule has 16 heavy (non-hydrogen) atoms. The number of piperazine rings is 1. The maximum atomic E-state index is 11.5. The van der Waals surface area contributed by atoms with Gasteiger partial charge in [0.15, 0.2) is 0 Å². The molecule has 0 aliphatic carbocycles. The van der Waals surface area contributed by atoms with Gasteiger partial charge in [-0.15, -0.1) is 0 Å². The van der Waals surface area contributed by atoms with Gasteiger partial charge in [-0.2, -0.15) is 0 Å². The summed E-state index contributed by atoms with van der Waals surface area (Å²) in [5.74, 6) is 6.52. The molecular weight excluding hydrogens is 206 g/mol. The summed E-state index contributed by atoms with van der Waals surface area (Å²) in [7, 11) is 0. The highest BCUT2D eigenvalue weighted by Gasteiger charge is 2.27. The number of nitrogens with two attached hydrogens (primary N) is 1. The molecule has 0 aromatic rings. The number of nitrogens with one attached hydrogen (secondary N) is 2. The van der Waals surface area contributed by atoms with E-state index in [4.69, 9.17) is 5.84 Å². The molecule has 0 saturated carbocycles. The number of carbonyl (C=O) groups is 1. The Labute approximate surface area is 96.2 Å². The lowest BCUT2D eigenvalue weighted by Gasteiger charge is -2.34. The molecule has 0 radical (unpaired) electrons. The van der Waals surface area contributed by atoms with Crippen LogP contribution in [0.4, 0.5) is 0 Å². The van der Waals surface area contributed by atoms with Crippen molar-refractivity contribution in [3.05, 3.63) is 0 Å². The number of hydrogen-bond acceptors (Lipinski definition) is 3. The van der Waals surface area contributed by atoms with Crippen molar-refractivity contribution in [2.45, 2.75) is 26.8 Å². The molecule has 1 rings (SSSR count). The average molecular weight is 227 g/mol. The summed E-state index contributed by atoms with van der Waals surface area (Å²) >= 11 is 0. The van der Waals surface area contributed by atoms with Crippen LogP contribution >= 0.6 is 0 Å². The minimum atomic E-state index is -0.226. The van der Waals surface area contributed by atoms with Crippen LogP contribution in [-0.2, 0) is 4.79 Å². The Bertz CT molecular complexity index is 276. The van der Waals surface area contributed by atoms with Crippen molar-refractivity contribution in [3.63, 3.8) is 0 Å². The maximum Gasteiger partial charge on any atom is 0.242 e. The van der Waals surface area contributed by atoms with Crippen LogP contribution in [0.5, 0.6) is 0 Å².